The number of nitrogens with one attached hydrogen (secondary N) is 1. The Labute approximate surface area is 172 Å². The average Bonchev–Trinajstić information content (AvgIpc) is 3.47. The summed E-state index contributed by atoms with van der Waals surface area (Å²) in [5.74, 6) is 0.777. The normalized spacial score (nSPS) is 16.2. The van der Waals surface area contributed by atoms with E-state index in [-0.39, 0.29) is 5.91 Å². The van der Waals surface area contributed by atoms with E-state index in [1.165, 1.54) is 25.7 Å². The van der Waals surface area contributed by atoms with Crippen LogP contribution in [0, 0.1) is 0 Å². The van der Waals surface area contributed by atoms with Crippen molar-refractivity contribution in [2.45, 2.75) is 25.7 Å². The molecule has 0 radical (unpaired) electrons. The van der Waals surface area contributed by atoms with Gasteiger partial charge < -0.3 is 24.6 Å². The maximum atomic E-state index is 13.3. The Kier molecular flexibility index (Phi) is 5.79. The first kappa shape index (κ1) is 19.4. The summed E-state index contributed by atoms with van der Waals surface area (Å²) in [4.78, 5) is 18.0. The van der Waals surface area contributed by atoms with Gasteiger partial charge >= 0.3 is 0 Å². The molecule has 1 N–H and O–H groups in total. The van der Waals surface area contributed by atoms with E-state index in [2.05, 4.69) is 33.3 Å². The highest BCUT2D eigenvalue weighted by Gasteiger charge is 2.23. The molecule has 0 saturated carbocycles. The quantitative estimate of drug-likeness (QED) is 0.796. The van der Waals surface area contributed by atoms with Gasteiger partial charge in [0.25, 0.3) is 5.91 Å². The summed E-state index contributed by atoms with van der Waals surface area (Å²) >= 11 is 0. The minimum Gasteiger partial charge on any atom is -0.496 e. The van der Waals surface area contributed by atoms with Crippen LogP contribution in [0.1, 0.15) is 36.0 Å². The third-order valence-electron chi connectivity index (χ3n) is 5.80. The molecule has 2 saturated heterocycles. The SMILES string of the molecule is COc1cccc(OC)c1C(=O)Nc1cc(N2CCCC2)ccc1N1CCCC1. The van der Waals surface area contributed by atoms with Gasteiger partial charge in [0.2, 0.25) is 0 Å². The average molecular weight is 396 g/mol. The number of carbonyl (C=O) groups is 1. The molecular formula is C23H29N3O3. The van der Waals surface area contributed by atoms with Crippen LogP contribution >= 0.6 is 0 Å². The first-order chi connectivity index (χ1) is 14.2. The molecule has 6 heteroatoms. The summed E-state index contributed by atoms with van der Waals surface area (Å²) in [7, 11) is 3.13. The van der Waals surface area contributed by atoms with Crippen molar-refractivity contribution in [1.29, 1.82) is 0 Å². The topological polar surface area (TPSA) is 54.0 Å². The summed E-state index contributed by atoms with van der Waals surface area (Å²) < 4.78 is 10.8. The van der Waals surface area contributed by atoms with Crippen LogP contribution in [0.15, 0.2) is 36.4 Å². The van der Waals surface area contributed by atoms with Crippen molar-refractivity contribution in [3.8, 4) is 11.5 Å². The molecule has 2 aliphatic rings. The van der Waals surface area contributed by atoms with E-state index in [1.54, 1.807) is 26.4 Å². The van der Waals surface area contributed by atoms with Crippen LogP contribution in [-0.2, 0) is 0 Å². The van der Waals surface area contributed by atoms with Gasteiger partial charge in [-0.25, -0.2) is 0 Å². The van der Waals surface area contributed by atoms with E-state index in [4.69, 9.17) is 9.47 Å². The van der Waals surface area contributed by atoms with Gasteiger partial charge in [0.1, 0.15) is 17.1 Å². The molecule has 2 fully saturated rings. The molecule has 2 aliphatic heterocycles. The van der Waals surface area contributed by atoms with Crippen molar-refractivity contribution in [3.63, 3.8) is 0 Å². The van der Waals surface area contributed by atoms with Crippen LogP contribution in [-0.4, -0.2) is 46.3 Å². The van der Waals surface area contributed by atoms with E-state index in [0.29, 0.717) is 17.1 Å². The molecule has 2 aromatic carbocycles. The van der Waals surface area contributed by atoms with Gasteiger partial charge in [0.15, 0.2) is 0 Å². The number of rotatable bonds is 6. The van der Waals surface area contributed by atoms with Crippen LogP contribution in [0.2, 0.25) is 0 Å². The van der Waals surface area contributed by atoms with Crippen LogP contribution in [0.5, 0.6) is 11.5 Å². The Hall–Kier alpha value is -2.89. The number of benzene rings is 2. The lowest BCUT2D eigenvalue weighted by molar-refractivity contribution is 0.102. The lowest BCUT2D eigenvalue weighted by Crippen LogP contribution is -2.23. The maximum Gasteiger partial charge on any atom is 0.263 e. The zero-order valence-corrected chi connectivity index (χ0v) is 17.2. The summed E-state index contributed by atoms with van der Waals surface area (Å²) in [5.41, 5.74) is 3.49. The Morgan fingerprint density at radius 2 is 1.45 bits per heavy atom. The van der Waals surface area contributed by atoms with Gasteiger partial charge in [-0.2, -0.15) is 0 Å². The van der Waals surface area contributed by atoms with Gasteiger partial charge in [0, 0.05) is 31.9 Å². The Bertz CT molecular complexity index is 849. The minimum atomic E-state index is -0.224. The second-order valence-corrected chi connectivity index (χ2v) is 7.58. The fourth-order valence-electron chi connectivity index (χ4n) is 4.29. The van der Waals surface area contributed by atoms with Crippen molar-refractivity contribution >= 4 is 23.0 Å². The predicted octanol–water partition coefficient (Wildman–Crippen LogP) is 4.16. The number of methoxy groups -OCH3 is 2. The molecule has 0 atom stereocenters. The molecule has 1 amide bonds. The molecule has 0 bridgehead atoms. The number of hydrogen-bond acceptors (Lipinski definition) is 5. The van der Waals surface area contributed by atoms with Crippen molar-refractivity contribution in [2.75, 3.05) is 55.5 Å². The van der Waals surface area contributed by atoms with E-state index >= 15 is 0 Å². The van der Waals surface area contributed by atoms with Crippen LogP contribution in [0.25, 0.3) is 0 Å². The highest BCUT2D eigenvalue weighted by molar-refractivity contribution is 6.09. The number of ether oxygens (including phenoxy) is 2. The first-order valence-corrected chi connectivity index (χ1v) is 10.4. The molecule has 0 aromatic heterocycles. The number of amides is 1. The van der Waals surface area contributed by atoms with E-state index < -0.39 is 0 Å². The maximum absolute atomic E-state index is 13.3. The second-order valence-electron chi connectivity index (χ2n) is 7.58. The van der Waals surface area contributed by atoms with Gasteiger partial charge in [-0.05, 0) is 56.0 Å². The first-order valence-electron chi connectivity index (χ1n) is 10.4. The lowest BCUT2D eigenvalue weighted by Gasteiger charge is -2.25. The van der Waals surface area contributed by atoms with Crippen molar-refractivity contribution in [2.24, 2.45) is 0 Å². The standard InChI is InChI=1S/C23H29N3O3/c1-28-20-8-7-9-21(29-2)22(20)23(27)24-18-16-17(25-12-3-4-13-25)10-11-19(18)26-14-5-6-15-26/h7-11,16H,3-6,12-15H2,1-2H3,(H,24,27). The number of nitrogens with zero attached hydrogens (tertiary/aromatic N) is 2. The monoisotopic (exact) mass is 395 g/mol. The Balaban J connectivity index is 1.69. The van der Waals surface area contributed by atoms with E-state index in [9.17, 15) is 4.79 Å². The molecule has 0 unspecified atom stereocenters. The Morgan fingerprint density at radius 1 is 0.862 bits per heavy atom. The van der Waals surface area contributed by atoms with Gasteiger partial charge in [-0.15, -0.1) is 0 Å². The fourth-order valence-corrected chi connectivity index (χ4v) is 4.29. The summed E-state index contributed by atoms with van der Waals surface area (Å²) in [6, 6.07) is 11.8. The molecule has 2 aromatic rings. The third-order valence-corrected chi connectivity index (χ3v) is 5.80. The van der Waals surface area contributed by atoms with Gasteiger partial charge in [-0.3, -0.25) is 4.79 Å². The van der Waals surface area contributed by atoms with Crippen molar-refractivity contribution in [3.05, 3.63) is 42.0 Å². The zero-order chi connectivity index (χ0) is 20.2. The highest BCUT2D eigenvalue weighted by Crippen LogP contribution is 2.36. The number of carbonyl (C=O) groups excluding carboxylic acids is 1. The number of hydrogen-bond donors (Lipinski definition) is 1. The summed E-state index contributed by atoms with van der Waals surface area (Å²) in [6.07, 6.45) is 4.80. The largest absolute Gasteiger partial charge is 0.496 e. The van der Waals surface area contributed by atoms with Crippen LogP contribution in [0.4, 0.5) is 17.1 Å². The lowest BCUT2D eigenvalue weighted by atomic mass is 10.1. The Morgan fingerprint density at radius 3 is 2.03 bits per heavy atom. The van der Waals surface area contributed by atoms with E-state index in [0.717, 1.165) is 43.2 Å². The number of anilines is 3. The van der Waals surface area contributed by atoms with E-state index in [1.807, 2.05) is 6.07 Å². The summed E-state index contributed by atoms with van der Waals surface area (Å²) in [6.45, 7) is 4.17. The van der Waals surface area contributed by atoms with Gasteiger partial charge in [0.05, 0.1) is 25.6 Å². The molecule has 4 rings (SSSR count). The predicted molar refractivity (Wildman–Crippen MR) is 117 cm³/mol. The third kappa shape index (κ3) is 3.97. The molecule has 154 valence electrons. The molecule has 0 aliphatic carbocycles. The minimum absolute atomic E-state index is 0.224. The molecule has 29 heavy (non-hydrogen) atoms. The zero-order valence-electron chi connectivity index (χ0n) is 17.2. The molecule has 2 heterocycles. The fraction of sp³-hybridized carbons (Fsp3) is 0.435. The molecule has 0 spiro atoms. The second kappa shape index (κ2) is 8.64. The van der Waals surface area contributed by atoms with Crippen LogP contribution in [0.3, 0.4) is 0 Å². The molecule has 6 nitrogen and oxygen atoms in total. The smallest absolute Gasteiger partial charge is 0.263 e. The molecular weight excluding hydrogens is 366 g/mol. The van der Waals surface area contributed by atoms with Crippen molar-refractivity contribution in [1.82, 2.24) is 0 Å². The van der Waals surface area contributed by atoms with Crippen LogP contribution < -0.4 is 24.6 Å². The highest BCUT2D eigenvalue weighted by atomic mass is 16.5. The van der Waals surface area contributed by atoms with Gasteiger partial charge in [-0.1, -0.05) is 6.07 Å². The van der Waals surface area contributed by atoms with Crippen molar-refractivity contribution < 1.29 is 14.3 Å². The summed E-state index contributed by atoms with van der Waals surface area (Å²) in [5, 5.41) is 3.15.